The van der Waals surface area contributed by atoms with Gasteiger partial charge in [-0.1, -0.05) is 0 Å². The topological polar surface area (TPSA) is 58.0 Å². The van der Waals surface area contributed by atoms with E-state index in [1.807, 2.05) is 0 Å². The van der Waals surface area contributed by atoms with E-state index in [1.54, 1.807) is 0 Å². The van der Waals surface area contributed by atoms with E-state index in [0.717, 1.165) is 0 Å². The third-order valence-corrected chi connectivity index (χ3v) is 0. The summed E-state index contributed by atoms with van der Waals surface area (Å²) in [7, 11) is 0. The van der Waals surface area contributed by atoms with Crippen molar-refractivity contribution in [1.29, 1.82) is 0 Å². The minimum absolute atomic E-state index is 0. The zero-order valence-electron chi connectivity index (χ0n) is 1.64. The van der Waals surface area contributed by atoms with E-state index in [2.05, 4.69) is 16.3 Å². The summed E-state index contributed by atoms with van der Waals surface area (Å²) >= 11 is 4.05. The lowest BCUT2D eigenvalue weighted by Gasteiger charge is -1.52. The van der Waals surface area contributed by atoms with Crippen LogP contribution in [0.2, 0.25) is 0 Å². The molecule has 0 amide bonds. The highest BCUT2D eigenvalue weighted by Crippen LogP contribution is 1.58. The van der Waals surface area contributed by atoms with E-state index < -0.39 is 0 Å². The van der Waals surface area contributed by atoms with Crippen molar-refractivity contribution in [1.82, 2.24) is 0 Å². The summed E-state index contributed by atoms with van der Waals surface area (Å²) in [4.78, 5) is 0. The van der Waals surface area contributed by atoms with Gasteiger partial charge in [-0.05, 0) is 0 Å². The summed E-state index contributed by atoms with van der Waals surface area (Å²) in [6.07, 6.45) is 0. The van der Waals surface area contributed by atoms with Crippen molar-refractivity contribution >= 4 is 11.9 Å². The molecule has 1 N–H and O–H groups in total. The molecule has 0 atom stereocenters. The molecule has 0 aliphatic carbocycles. The summed E-state index contributed by atoms with van der Waals surface area (Å²) in [5.41, 5.74) is 0. The van der Waals surface area contributed by atoms with Crippen LogP contribution >= 0.6 is 11.9 Å². The average Bonchev–Trinajstić information content (AvgIpc) is 0.918. The summed E-state index contributed by atoms with van der Waals surface area (Å²) in [5.74, 6) is 0. The van der Waals surface area contributed by atoms with Crippen molar-refractivity contribution in [2.75, 3.05) is 0 Å². The molecule has 0 unspecified atom stereocenters. The minimum Gasteiger partial charge on any atom is -0.233 e. The smallest absolute Gasteiger partial charge is 0.0997 e. The van der Waals surface area contributed by atoms with E-state index in [-0.39, 0.29) is 5.48 Å². The van der Waals surface area contributed by atoms with Gasteiger partial charge in [-0.25, -0.2) is 5.26 Å². The van der Waals surface area contributed by atoms with Crippen LogP contribution in [0, 0.1) is 0 Å². The zero-order chi connectivity index (χ0) is 2.71. The van der Waals surface area contributed by atoms with Gasteiger partial charge >= 0.3 is 0 Å². The van der Waals surface area contributed by atoms with Crippen LogP contribution in [-0.4, -0.2) is 5.26 Å². The second kappa shape index (κ2) is 10.9. The van der Waals surface area contributed by atoms with Crippen LogP contribution in [-0.2, 0) is 9.92 Å². The van der Waals surface area contributed by atoms with Crippen LogP contribution in [0.4, 0.5) is 0 Å². The molecule has 0 spiro atoms. The Labute approximate surface area is 28.2 Å². The van der Waals surface area contributed by atoms with Crippen molar-refractivity contribution in [3.8, 4) is 0 Å². The second-order valence-corrected chi connectivity index (χ2v) is 0.207. The zero-order valence-corrected chi connectivity index (χ0v) is 2.40. The van der Waals surface area contributed by atoms with Crippen molar-refractivity contribution in [3.63, 3.8) is 0 Å². The van der Waals surface area contributed by atoms with Crippen LogP contribution in [0.5, 0.6) is 0 Å². The lowest BCUT2D eigenvalue weighted by molar-refractivity contribution is -0.130. The van der Waals surface area contributed by atoms with E-state index in [9.17, 15) is 0 Å². The van der Waals surface area contributed by atoms with E-state index in [1.165, 1.54) is 0 Å². The normalized spacial score (nSPS) is 4.50. The molecule has 0 saturated heterocycles. The molecular weight excluding hydrogens is 83.5 g/mol. The monoisotopic (exact) mass is 84.0 g/mol. The summed E-state index contributed by atoms with van der Waals surface area (Å²) in [5, 5.41) is 6.83. The van der Waals surface area contributed by atoms with Crippen LogP contribution in [0.25, 0.3) is 0 Å². The molecule has 3 nitrogen and oxygen atoms in total. The first-order valence-corrected chi connectivity index (χ1v) is 0.645. The number of hydrogen-bond acceptors (Lipinski definition) is 2. The Morgan fingerprint density at radius 1 is 1.75 bits per heavy atom. The number of halogens is 1. The van der Waals surface area contributed by atoms with Crippen molar-refractivity contribution < 1.29 is 15.2 Å². The molecule has 0 aromatic rings. The van der Waals surface area contributed by atoms with Crippen LogP contribution in [0.1, 0.15) is 0 Å². The maximum Gasteiger partial charge on any atom is 0.0997 e. The Kier molecular flexibility index (Phi) is 24.3. The predicted molar refractivity (Wildman–Crippen MR) is 10.3 cm³/mol. The first-order valence-electron chi connectivity index (χ1n) is 0.337. The van der Waals surface area contributed by atoms with Crippen LogP contribution in [0.15, 0.2) is 0 Å². The molecule has 0 aliphatic heterocycles. The first-order chi connectivity index (χ1) is 1.41. The molecule has 0 aromatic heterocycles. The van der Waals surface area contributed by atoms with E-state index in [4.69, 9.17) is 5.26 Å². The van der Waals surface area contributed by atoms with Gasteiger partial charge in [-0.15, -0.1) is 4.44 Å². The predicted octanol–water partition coefficient (Wildman–Crippen LogP) is 0.511. The minimum atomic E-state index is 0. The van der Waals surface area contributed by atoms with Gasteiger partial charge in [-0.2, -0.15) is 0 Å². The first kappa shape index (κ1) is 8.90. The maximum atomic E-state index is 6.83. The molecule has 0 rings (SSSR count). The molecule has 2 radical (unpaired) electrons. The molecule has 0 aliphatic rings. The highest BCUT2D eigenvalue weighted by molar-refractivity contribution is 6.06. The lowest BCUT2D eigenvalue weighted by atomic mass is 15.0. The van der Waals surface area contributed by atoms with E-state index >= 15 is 0 Å². The lowest BCUT2D eigenvalue weighted by Crippen LogP contribution is -1.42. The Bertz CT molecular complexity index is 3.25. The Hall–Kier alpha value is 0.170. The summed E-state index contributed by atoms with van der Waals surface area (Å²) < 4.78 is 2.72. The van der Waals surface area contributed by atoms with Gasteiger partial charge in [0.15, 0.2) is 0 Å². The molecule has 0 bridgehead atoms. The SMILES string of the molecule is OOCl.[O]. The molecule has 0 saturated carbocycles. The molecule has 4 heteroatoms. The number of rotatable bonds is 0. The molecule has 26 valence electrons. The average molecular weight is 84.5 g/mol. The Morgan fingerprint density at radius 2 is 1.75 bits per heavy atom. The largest absolute Gasteiger partial charge is 0.233 e. The fraction of sp³-hybridized carbons (Fsp3) is 0. The van der Waals surface area contributed by atoms with Crippen molar-refractivity contribution in [3.05, 3.63) is 0 Å². The van der Waals surface area contributed by atoms with Crippen LogP contribution < -0.4 is 0 Å². The van der Waals surface area contributed by atoms with Crippen molar-refractivity contribution in [2.24, 2.45) is 0 Å². The third-order valence-electron chi connectivity index (χ3n) is 0. The van der Waals surface area contributed by atoms with Gasteiger partial charge in [-0.3, -0.25) is 0 Å². The standard InChI is InChI=1S/ClHO2.O/c1-3-2;/h2H;. The molecule has 0 heterocycles. The van der Waals surface area contributed by atoms with Gasteiger partial charge in [0, 0.05) is 5.48 Å². The third kappa shape index (κ3) is 103. The maximum absolute atomic E-state index is 6.83. The highest BCUT2D eigenvalue weighted by Gasteiger charge is 1.33. The Balaban J connectivity index is 0. The highest BCUT2D eigenvalue weighted by atomic mass is 35.5. The van der Waals surface area contributed by atoms with Gasteiger partial charge in [0.25, 0.3) is 0 Å². The van der Waals surface area contributed by atoms with Gasteiger partial charge < -0.3 is 0 Å². The summed E-state index contributed by atoms with van der Waals surface area (Å²) in [6.45, 7) is 0. The quantitative estimate of drug-likeness (QED) is 0.343. The molecule has 0 fully saturated rings. The van der Waals surface area contributed by atoms with Gasteiger partial charge in [0.2, 0.25) is 0 Å². The van der Waals surface area contributed by atoms with Gasteiger partial charge in [0.1, 0.15) is 0 Å². The molecule has 4 heavy (non-hydrogen) atoms. The molecule has 0 aromatic carbocycles. The second-order valence-electron chi connectivity index (χ2n) is 0.0690. The van der Waals surface area contributed by atoms with Gasteiger partial charge in [0.05, 0.1) is 11.9 Å². The summed E-state index contributed by atoms with van der Waals surface area (Å²) in [6, 6.07) is 0. The fourth-order valence-corrected chi connectivity index (χ4v) is 0. The Morgan fingerprint density at radius 3 is 1.75 bits per heavy atom. The number of hydrogen-bond donors (Lipinski definition) is 1. The van der Waals surface area contributed by atoms with E-state index in [0.29, 0.717) is 0 Å². The molecular formula is HClO3. The fourth-order valence-electron chi connectivity index (χ4n) is 0. The van der Waals surface area contributed by atoms with Crippen LogP contribution in [0.3, 0.4) is 0 Å². The van der Waals surface area contributed by atoms with Crippen molar-refractivity contribution in [2.45, 2.75) is 0 Å².